The first-order valence-electron chi connectivity index (χ1n) is 5.51. The van der Waals surface area contributed by atoms with Crippen molar-refractivity contribution in [2.45, 2.75) is 25.9 Å². The number of hydrogen-bond donors (Lipinski definition) is 1. The first kappa shape index (κ1) is 12.1. The van der Waals surface area contributed by atoms with Gasteiger partial charge in [0.2, 0.25) is 0 Å². The molecule has 3 heteroatoms. The number of hydrogen-bond acceptors (Lipinski definition) is 3. The number of rotatable bonds is 6. The predicted molar refractivity (Wildman–Crippen MR) is 63.7 cm³/mol. The van der Waals surface area contributed by atoms with Crippen molar-refractivity contribution in [2.24, 2.45) is 0 Å². The highest BCUT2D eigenvalue weighted by molar-refractivity contribution is 5.02. The second-order valence-corrected chi connectivity index (χ2v) is 3.98. The molecule has 84 valence electrons. The quantitative estimate of drug-likeness (QED) is 0.766. The molecule has 1 N–H and O–H groups in total. The van der Waals surface area contributed by atoms with Crippen LogP contribution in [0.25, 0.3) is 0 Å². The van der Waals surface area contributed by atoms with Crippen LogP contribution in [0, 0.1) is 0 Å². The molecule has 1 aromatic rings. The summed E-state index contributed by atoms with van der Waals surface area (Å²) in [7, 11) is 4.24. The predicted octanol–water partition coefficient (Wildman–Crippen LogP) is 1.51. The summed E-state index contributed by atoms with van der Waals surface area (Å²) in [6.07, 6.45) is 3.00. The Hall–Kier alpha value is -0.930. The molecule has 0 saturated heterocycles. The van der Waals surface area contributed by atoms with Crippen molar-refractivity contribution in [2.75, 3.05) is 20.6 Å². The van der Waals surface area contributed by atoms with E-state index in [1.807, 2.05) is 24.4 Å². The van der Waals surface area contributed by atoms with E-state index in [-0.39, 0.29) is 0 Å². The van der Waals surface area contributed by atoms with E-state index >= 15 is 0 Å². The molecule has 0 aliphatic carbocycles. The molecule has 0 saturated carbocycles. The molecule has 0 fully saturated rings. The van der Waals surface area contributed by atoms with Crippen molar-refractivity contribution in [3.05, 3.63) is 30.1 Å². The molecule has 0 bridgehead atoms. The molecule has 0 aliphatic heterocycles. The average Bonchev–Trinajstić information content (AvgIpc) is 2.25. The lowest BCUT2D eigenvalue weighted by Crippen LogP contribution is -2.37. The zero-order chi connectivity index (χ0) is 11.1. The van der Waals surface area contributed by atoms with E-state index in [4.69, 9.17) is 0 Å². The van der Waals surface area contributed by atoms with E-state index in [0.717, 1.165) is 18.8 Å². The summed E-state index contributed by atoms with van der Waals surface area (Å²) < 4.78 is 0. The van der Waals surface area contributed by atoms with Crippen LogP contribution in [0.5, 0.6) is 0 Å². The van der Waals surface area contributed by atoms with Gasteiger partial charge in [-0.05, 0) is 32.6 Å². The maximum atomic E-state index is 4.27. The minimum Gasteiger partial charge on any atom is -0.310 e. The Bertz CT molecular complexity index is 259. The summed E-state index contributed by atoms with van der Waals surface area (Å²) in [5.74, 6) is 0. The fraction of sp³-hybridized carbons (Fsp3) is 0.583. The molecule has 1 rings (SSSR count). The van der Waals surface area contributed by atoms with Crippen LogP contribution in [0.15, 0.2) is 24.4 Å². The van der Waals surface area contributed by atoms with Crippen molar-refractivity contribution in [3.8, 4) is 0 Å². The SMILES string of the molecule is CCC(CNCc1ccccn1)N(C)C. The van der Waals surface area contributed by atoms with Gasteiger partial charge >= 0.3 is 0 Å². The summed E-state index contributed by atoms with van der Waals surface area (Å²) in [6, 6.07) is 6.61. The van der Waals surface area contributed by atoms with Crippen LogP contribution < -0.4 is 5.32 Å². The van der Waals surface area contributed by atoms with Gasteiger partial charge in [-0.25, -0.2) is 0 Å². The lowest BCUT2D eigenvalue weighted by molar-refractivity contribution is 0.275. The first-order valence-corrected chi connectivity index (χ1v) is 5.51. The van der Waals surface area contributed by atoms with Crippen LogP contribution in [0.1, 0.15) is 19.0 Å². The van der Waals surface area contributed by atoms with Gasteiger partial charge in [0.25, 0.3) is 0 Å². The number of aromatic nitrogens is 1. The minimum atomic E-state index is 0.605. The lowest BCUT2D eigenvalue weighted by Gasteiger charge is -2.23. The van der Waals surface area contributed by atoms with E-state index < -0.39 is 0 Å². The van der Waals surface area contributed by atoms with E-state index in [0.29, 0.717) is 6.04 Å². The maximum Gasteiger partial charge on any atom is 0.0541 e. The van der Waals surface area contributed by atoms with E-state index in [2.05, 4.69) is 36.2 Å². The third-order valence-electron chi connectivity index (χ3n) is 2.61. The van der Waals surface area contributed by atoms with Crippen molar-refractivity contribution in [3.63, 3.8) is 0 Å². The Morgan fingerprint density at radius 2 is 2.20 bits per heavy atom. The number of nitrogens with zero attached hydrogens (tertiary/aromatic N) is 2. The van der Waals surface area contributed by atoms with E-state index in [1.165, 1.54) is 6.42 Å². The second-order valence-electron chi connectivity index (χ2n) is 3.98. The van der Waals surface area contributed by atoms with Crippen molar-refractivity contribution >= 4 is 0 Å². The normalized spacial score (nSPS) is 13.1. The molecule has 1 heterocycles. The zero-order valence-corrected chi connectivity index (χ0v) is 9.90. The summed E-state index contributed by atoms with van der Waals surface area (Å²) >= 11 is 0. The summed E-state index contributed by atoms with van der Waals surface area (Å²) in [4.78, 5) is 6.53. The molecular formula is C12H21N3. The first-order chi connectivity index (χ1) is 7.24. The molecule has 0 radical (unpaired) electrons. The number of likely N-dealkylation sites (N-methyl/N-ethyl adjacent to an activating group) is 1. The standard InChI is InChI=1S/C12H21N3/c1-4-12(15(2)3)10-13-9-11-7-5-6-8-14-11/h5-8,12-13H,4,9-10H2,1-3H3. The Labute approximate surface area is 92.5 Å². The van der Waals surface area contributed by atoms with Gasteiger partial charge in [-0.1, -0.05) is 13.0 Å². The smallest absolute Gasteiger partial charge is 0.0541 e. The van der Waals surface area contributed by atoms with Gasteiger partial charge in [-0.2, -0.15) is 0 Å². The van der Waals surface area contributed by atoms with E-state index in [9.17, 15) is 0 Å². The highest BCUT2D eigenvalue weighted by Gasteiger charge is 2.07. The van der Waals surface area contributed by atoms with Crippen molar-refractivity contribution < 1.29 is 0 Å². The van der Waals surface area contributed by atoms with Crippen LogP contribution in [0.3, 0.4) is 0 Å². The van der Waals surface area contributed by atoms with Crippen molar-refractivity contribution in [1.82, 2.24) is 15.2 Å². The molecule has 3 nitrogen and oxygen atoms in total. The number of pyridine rings is 1. The third kappa shape index (κ3) is 4.40. The van der Waals surface area contributed by atoms with Gasteiger partial charge < -0.3 is 10.2 Å². The Balaban J connectivity index is 2.27. The van der Waals surface area contributed by atoms with Crippen LogP contribution in [-0.4, -0.2) is 36.6 Å². The molecule has 1 unspecified atom stereocenters. The molecule has 1 atom stereocenters. The molecule has 0 amide bonds. The van der Waals surface area contributed by atoms with Crippen LogP contribution in [0.2, 0.25) is 0 Å². The number of nitrogens with one attached hydrogen (secondary N) is 1. The van der Waals surface area contributed by atoms with Gasteiger partial charge in [-0.3, -0.25) is 4.98 Å². The van der Waals surface area contributed by atoms with Gasteiger partial charge in [0.1, 0.15) is 0 Å². The average molecular weight is 207 g/mol. The largest absolute Gasteiger partial charge is 0.310 e. The highest BCUT2D eigenvalue weighted by atomic mass is 15.1. The molecule has 0 aromatic carbocycles. The Kier molecular flexibility index (Phi) is 5.29. The monoisotopic (exact) mass is 207 g/mol. The Morgan fingerprint density at radius 3 is 2.73 bits per heavy atom. The van der Waals surface area contributed by atoms with Crippen LogP contribution >= 0.6 is 0 Å². The summed E-state index contributed by atoms with van der Waals surface area (Å²) in [6.45, 7) is 4.08. The fourth-order valence-corrected chi connectivity index (χ4v) is 1.56. The van der Waals surface area contributed by atoms with Crippen molar-refractivity contribution in [1.29, 1.82) is 0 Å². The molecule has 15 heavy (non-hydrogen) atoms. The zero-order valence-electron chi connectivity index (χ0n) is 9.90. The topological polar surface area (TPSA) is 28.2 Å². The summed E-state index contributed by atoms with van der Waals surface area (Å²) in [5.41, 5.74) is 1.10. The van der Waals surface area contributed by atoms with Gasteiger partial charge in [0, 0.05) is 25.3 Å². The molecule has 0 aliphatic rings. The molecule has 1 aromatic heterocycles. The second kappa shape index (κ2) is 6.53. The Morgan fingerprint density at radius 1 is 1.40 bits per heavy atom. The fourth-order valence-electron chi connectivity index (χ4n) is 1.56. The minimum absolute atomic E-state index is 0.605. The highest BCUT2D eigenvalue weighted by Crippen LogP contribution is 1.98. The molecule has 0 spiro atoms. The van der Waals surface area contributed by atoms with Gasteiger partial charge in [-0.15, -0.1) is 0 Å². The van der Waals surface area contributed by atoms with Crippen LogP contribution in [0.4, 0.5) is 0 Å². The van der Waals surface area contributed by atoms with E-state index in [1.54, 1.807) is 0 Å². The maximum absolute atomic E-state index is 4.27. The molecular weight excluding hydrogens is 186 g/mol. The van der Waals surface area contributed by atoms with Gasteiger partial charge in [0.15, 0.2) is 0 Å². The van der Waals surface area contributed by atoms with Gasteiger partial charge in [0.05, 0.1) is 5.69 Å². The van der Waals surface area contributed by atoms with Crippen LogP contribution in [-0.2, 0) is 6.54 Å². The summed E-state index contributed by atoms with van der Waals surface area (Å²) in [5, 5.41) is 3.43. The lowest BCUT2D eigenvalue weighted by atomic mass is 10.2. The third-order valence-corrected chi connectivity index (χ3v) is 2.61.